The number of hydrogen-bond donors (Lipinski definition) is 1. The van der Waals surface area contributed by atoms with Crippen LogP contribution in [0.25, 0.3) is 0 Å². The van der Waals surface area contributed by atoms with Gasteiger partial charge in [-0.05, 0) is 32.0 Å². The van der Waals surface area contributed by atoms with E-state index in [0.29, 0.717) is 5.75 Å². The van der Waals surface area contributed by atoms with Crippen molar-refractivity contribution < 1.29 is 9.13 Å². The smallest absolute Gasteiger partial charge is 0.142 e. The molecule has 1 atom stereocenters. The molecule has 0 saturated heterocycles. The van der Waals surface area contributed by atoms with Crippen molar-refractivity contribution in [1.82, 2.24) is 5.32 Å². The lowest BCUT2D eigenvalue weighted by Crippen LogP contribution is -2.29. The first-order chi connectivity index (χ1) is 7.63. The first-order valence-electron chi connectivity index (χ1n) is 5.46. The normalized spacial score (nSPS) is 12.5. The van der Waals surface area contributed by atoms with Crippen molar-refractivity contribution in [2.45, 2.75) is 26.4 Å². The Kier molecular flexibility index (Phi) is 5.56. The van der Waals surface area contributed by atoms with E-state index in [1.165, 1.54) is 12.1 Å². The predicted molar refractivity (Wildman–Crippen MR) is 64.7 cm³/mol. The molecule has 0 amide bonds. The fourth-order valence-electron chi connectivity index (χ4n) is 1.31. The van der Waals surface area contributed by atoms with Crippen LogP contribution in [0, 0.1) is 5.82 Å². The van der Waals surface area contributed by atoms with Gasteiger partial charge in [-0.1, -0.05) is 18.5 Å². The van der Waals surface area contributed by atoms with E-state index in [1.54, 1.807) is 6.07 Å². The molecule has 2 nitrogen and oxygen atoms in total. The zero-order chi connectivity index (χ0) is 12.0. The molecule has 0 aliphatic carbocycles. The molecule has 4 heteroatoms. The van der Waals surface area contributed by atoms with Gasteiger partial charge in [-0.25, -0.2) is 4.39 Å². The van der Waals surface area contributed by atoms with Crippen LogP contribution >= 0.6 is 11.6 Å². The third kappa shape index (κ3) is 4.37. The average molecular weight is 246 g/mol. The molecule has 0 spiro atoms. The molecule has 0 aliphatic heterocycles. The van der Waals surface area contributed by atoms with Crippen molar-refractivity contribution in [3.63, 3.8) is 0 Å². The maximum atomic E-state index is 12.9. The number of nitrogens with one attached hydrogen (secondary N) is 1. The van der Waals surface area contributed by atoms with Gasteiger partial charge in [0.2, 0.25) is 0 Å². The largest absolute Gasteiger partial charge is 0.489 e. The Labute approximate surface area is 101 Å². The van der Waals surface area contributed by atoms with Crippen molar-refractivity contribution in [1.29, 1.82) is 0 Å². The van der Waals surface area contributed by atoms with Crippen LogP contribution in [-0.2, 0) is 0 Å². The molecular weight excluding hydrogens is 229 g/mol. The summed E-state index contributed by atoms with van der Waals surface area (Å²) in [7, 11) is 0. The highest BCUT2D eigenvalue weighted by atomic mass is 35.5. The standard InChI is InChI=1S/C12H17ClFNO/c1-3-6-15-8-9(2)16-10-4-5-12(14)11(13)7-10/h4-5,7,9,15H,3,6,8H2,1-2H3. The molecule has 1 aromatic carbocycles. The summed E-state index contributed by atoms with van der Waals surface area (Å²) in [4.78, 5) is 0. The van der Waals surface area contributed by atoms with Crippen molar-refractivity contribution >= 4 is 11.6 Å². The number of ether oxygens (including phenoxy) is 1. The second kappa shape index (κ2) is 6.71. The summed E-state index contributed by atoms with van der Waals surface area (Å²) in [5, 5.41) is 3.34. The molecule has 1 N–H and O–H groups in total. The SMILES string of the molecule is CCCNCC(C)Oc1ccc(F)c(Cl)c1. The highest BCUT2D eigenvalue weighted by Crippen LogP contribution is 2.21. The summed E-state index contributed by atoms with van der Waals surface area (Å²) in [5.41, 5.74) is 0. The fourth-order valence-corrected chi connectivity index (χ4v) is 1.48. The molecule has 90 valence electrons. The highest BCUT2D eigenvalue weighted by molar-refractivity contribution is 6.30. The zero-order valence-corrected chi connectivity index (χ0v) is 10.4. The van der Waals surface area contributed by atoms with Gasteiger partial charge in [0.15, 0.2) is 0 Å². The van der Waals surface area contributed by atoms with Gasteiger partial charge in [-0.15, -0.1) is 0 Å². The minimum Gasteiger partial charge on any atom is -0.489 e. The van der Waals surface area contributed by atoms with Crippen molar-refractivity contribution in [2.24, 2.45) is 0 Å². The zero-order valence-electron chi connectivity index (χ0n) is 9.59. The average Bonchev–Trinajstić information content (AvgIpc) is 2.24. The molecule has 0 radical (unpaired) electrons. The first-order valence-corrected chi connectivity index (χ1v) is 5.83. The lowest BCUT2D eigenvalue weighted by molar-refractivity contribution is 0.217. The maximum absolute atomic E-state index is 12.9. The van der Waals surface area contributed by atoms with Crippen LogP contribution in [-0.4, -0.2) is 19.2 Å². The van der Waals surface area contributed by atoms with Crippen molar-refractivity contribution in [3.05, 3.63) is 29.0 Å². The molecule has 0 bridgehead atoms. The van der Waals surface area contributed by atoms with Gasteiger partial charge < -0.3 is 10.1 Å². The Balaban J connectivity index is 2.43. The minimum atomic E-state index is -0.425. The molecule has 0 aromatic heterocycles. The minimum absolute atomic E-state index is 0.0353. The summed E-state index contributed by atoms with van der Waals surface area (Å²) < 4.78 is 18.5. The highest BCUT2D eigenvalue weighted by Gasteiger charge is 2.06. The summed E-state index contributed by atoms with van der Waals surface area (Å²) in [5.74, 6) is 0.169. The van der Waals surface area contributed by atoms with Gasteiger partial charge in [0.25, 0.3) is 0 Å². The fraction of sp³-hybridized carbons (Fsp3) is 0.500. The van der Waals surface area contributed by atoms with E-state index in [2.05, 4.69) is 12.2 Å². The summed E-state index contributed by atoms with van der Waals surface area (Å²) in [6.07, 6.45) is 1.13. The molecule has 0 saturated carbocycles. The molecule has 1 unspecified atom stereocenters. The lowest BCUT2D eigenvalue weighted by Gasteiger charge is -2.15. The topological polar surface area (TPSA) is 21.3 Å². The summed E-state index contributed by atoms with van der Waals surface area (Å²) in [6.45, 7) is 5.80. The van der Waals surface area contributed by atoms with Crippen molar-refractivity contribution in [3.8, 4) is 5.75 Å². The van der Waals surface area contributed by atoms with Crippen LogP contribution in [0.3, 0.4) is 0 Å². The lowest BCUT2D eigenvalue weighted by atomic mass is 10.3. The third-order valence-corrected chi connectivity index (χ3v) is 2.38. The van der Waals surface area contributed by atoms with Crippen LogP contribution in [0.1, 0.15) is 20.3 Å². The summed E-state index contributed by atoms with van der Waals surface area (Å²) in [6, 6.07) is 4.38. The van der Waals surface area contributed by atoms with E-state index in [9.17, 15) is 4.39 Å². The van der Waals surface area contributed by atoms with Gasteiger partial charge in [-0.3, -0.25) is 0 Å². The molecular formula is C12H17ClFNO. The number of benzene rings is 1. The Bertz CT molecular complexity index is 333. The van der Waals surface area contributed by atoms with E-state index in [-0.39, 0.29) is 11.1 Å². The van der Waals surface area contributed by atoms with Crippen molar-refractivity contribution in [2.75, 3.05) is 13.1 Å². The monoisotopic (exact) mass is 245 g/mol. The Morgan fingerprint density at radius 3 is 2.88 bits per heavy atom. The number of halogens is 2. The molecule has 16 heavy (non-hydrogen) atoms. The van der Waals surface area contributed by atoms with Gasteiger partial charge in [0.1, 0.15) is 17.7 Å². The molecule has 0 heterocycles. The van der Waals surface area contributed by atoms with Crippen LogP contribution in [0.4, 0.5) is 4.39 Å². The van der Waals surface area contributed by atoms with E-state index < -0.39 is 5.82 Å². The van der Waals surface area contributed by atoms with Crippen LogP contribution in [0.5, 0.6) is 5.75 Å². The number of hydrogen-bond acceptors (Lipinski definition) is 2. The summed E-state index contributed by atoms with van der Waals surface area (Å²) >= 11 is 5.65. The van der Waals surface area contributed by atoms with Crippen LogP contribution in [0.15, 0.2) is 18.2 Å². The molecule has 0 fully saturated rings. The molecule has 1 aromatic rings. The van der Waals surface area contributed by atoms with E-state index in [4.69, 9.17) is 16.3 Å². The predicted octanol–water partition coefficient (Wildman–Crippen LogP) is 3.25. The first kappa shape index (κ1) is 13.3. The maximum Gasteiger partial charge on any atom is 0.142 e. The number of rotatable bonds is 6. The van der Waals surface area contributed by atoms with Gasteiger partial charge in [-0.2, -0.15) is 0 Å². The van der Waals surface area contributed by atoms with Crippen LogP contribution < -0.4 is 10.1 Å². The van der Waals surface area contributed by atoms with Gasteiger partial charge >= 0.3 is 0 Å². The van der Waals surface area contributed by atoms with Crippen LogP contribution in [0.2, 0.25) is 5.02 Å². The van der Waals surface area contributed by atoms with Gasteiger partial charge in [0.05, 0.1) is 5.02 Å². The molecule has 0 aliphatic rings. The Morgan fingerprint density at radius 1 is 1.50 bits per heavy atom. The quantitative estimate of drug-likeness (QED) is 0.777. The molecule has 1 rings (SSSR count). The third-order valence-electron chi connectivity index (χ3n) is 2.09. The van der Waals surface area contributed by atoms with E-state index in [0.717, 1.165) is 19.5 Å². The Hall–Kier alpha value is -0.800. The Morgan fingerprint density at radius 2 is 2.25 bits per heavy atom. The van der Waals surface area contributed by atoms with Gasteiger partial charge in [0, 0.05) is 12.6 Å². The second-order valence-corrected chi connectivity index (χ2v) is 4.12. The second-order valence-electron chi connectivity index (χ2n) is 3.71. The van der Waals surface area contributed by atoms with E-state index in [1.807, 2.05) is 6.92 Å². The van der Waals surface area contributed by atoms with E-state index >= 15 is 0 Å².